The van der Waals surface area contributed by atoms with Gasteiger partial charge in [0.15, 0.2) is 6.10 Å². The lowest BCUT2D eigenvalue weighted by molar-refractivity contribution is -0.138. The maximum absolute atomic E-state index is 12.2. The van der Waals surface area contributed by atoms with Gasteiger partial charge < -0.3 is 14.7 Å². The van der Waals surface area contributed by atoms with Crippen molar-refractivity contribution in [3.8, 4) is 5.75 Å². The molecule has 1 aliphatic carbocycles. The first-order valence-corrected chi connectivity index (χ1v) is 7.18. The molecule has 1 aliphatic rings. The van der Waals surface area contributed by atoms with Crippen molar-refractivity contribution in [2.75, 3.05) is 13.6 Å². The fourth-order valence-electron chi connectivity index (χ4n) is 2.43. The highest BCUT2D eigenvalue weighted by atomic mass is 35.5. The minimum atomic E-state index is -0.552. The molecule has 5 heteroatoms. The van der Waals surface area contributed by atoms with E-state index >= 15 is 0 Å². The second kappa shape index (κ2) is 6.46. The summed E-state index contributed by atoms with van der Waals surface area (Å²) in [6.45, 7) is 2.40. The fourth-order valence-corrected chi connectivity index (χ4v) is 2.61. The Morgan fingerprint density at radius 1 is 1.55 bits per heavy atom. The summed E-state index contributed by atoms with van der Waals surface area (Å²) in [7, 11) is 1.77. The van der Waals surface area contributed by atoms with Crippen molar-refractivity contribution in [3.05, 3.63) is 29.3 Å². The summed E-state index contributed by atoms with van der Waals surface area (Å²) in [6.07, 6.45) is 0.814. The molecular formula is C15H20ClNO3. The molecule has 1 fully saturated rings. The minimum Gasteiger partial charge on any atom is -0.481 e. The summed E-state index contributed by atoms with van der Waals surface area (Å²) in [5, 5.41) is 9.84. The van der Waals surface area contributed by atoms with Gasteiger partial charge in [0.25, 0.3) is 5.91 Å². The van der Waals surface area contributed by atoms with Crippen molar-refractivity contribution in [2.24, 2.45) is 5.92 Å². The average Bonchev–Trinajstić information content (AvgIpc) is 2.35. The highest BCUT2D eigenvalue weighted by molar-refractivity contribution is 6.30. The highest BCUT2D eigenvalue weighted by Crippen LogP contribution is 2.27. The third-order valence-electron chi connectivity index (χ3n) is 3.58. The molecular weight excluding hydrogens is 278 g/mol. The van der Waals surface area contributed by atoms with Crippen molar-refractivity contribution in [1.29, 1.82) is 0 Å². The molecule has 1 saturated carbocycles. The van der Waals surface area contributed by atoms with E-state index in [0.717, 1.165) is 12.8 Å². The topological polar surface area (TPSA) is 49.8 Å². The summed E-state index contributed by atoms with van der Waals surface area (Å²) >= 11 is 5.88. The number of hydrogen-bond donors (Lipinski definition) is 1. The lowest BCUT2D eigenvalue weighted by Crippen LogP contribution is -2.44. The van der Waals surface area contributed by atoms with Gasteiger partial charge in [0, 0.05) is 18.6 Å². The molecule has 0 aliphatic heterocycles. The van der Waals surface area contributed by atoms with Gasteiger partial charge >= 0.3 is 0 Å². The SMILES string of the molecule is CC(Oc1cccc(Cl)c1)C(=O)N(C)CC1CC(O)C1. The summed E-state index contributed by atoms with van der Waals surface area (Å²) in [4.78, 5) is 13.9. The number of halogens is 1. The van der Waals surface area contributed by atoms with Crippen LogP contribution in [0.15, 0.2) is 24.3 Å². The van der Waals surface area contributed by atoms with Crippen LogP contribution in [0.2, 0.25) is 5.02 Å². The normalized spacial score (nSPS) is 22.8. The number of rotatable bonds is 5. The van der Waals surface area contributed by atoms with Crippen molar-refractivity contribution in [2.45, 2.75) is 32.0 Å². The maximum atomic E-state index is 12.2. The number of carbonyl (C=O) groups excluding carboxylic acids is 1. The highest BCUT2D eigenvalue weighted by Gasteiger charge is 2.30. The van der Waals surface area contributed by atoms with Crippen LogP contribution in [0.4, 0.5) is 0 Å². The minimum absolute atomic E-state index is 0.0636. The smallest absolute Gasteiger partial charge is 0.263 e. The molecule has 0 spiro atoms. The largest absolute Gasteiger partial charge is 0.481 e. The van der Waals surface area contributed by atoms with E-state index in [1.54, 1.807) is 43.1 Å². The Kier molecular flexibility index (Phi) is 4.89. The average molecular weight is 298 g/mol. The number of hydrogen-bond acceptors (Lipinski definition) is 3. The van der Waals surface area contributed by atoms with Gasteiger partial charge in [-0.3, -0.25) is 4.79 Å². The van der Waals surface area contributed by atoms with Crippen LogP contribution in [-0.4, -0.2) is 41.7 Å². The molecule has 0 aromatic heterocycles. The van der Waals surface area contributed by atoms with Gasteiger partial charge in [0.05, 0.1) is 6.10 Å². The van der Waals surface area contributed by atoms with E-state index in [2.05, 4.69) is 0 Å². The van der Waals surface area contributed by atoms with Crippen LogP contribution >= 0.6 is 11.6 Å². The van der Waals surface area contributed by atoms with Gasteiger partial charge in [0.2, 0.25) is 0 Å². The Labute approximate surface area is 124 Å². The zero-order valence-corrected chi connectivity index (χ0v) is 12.5. The Hall–Kier alpha value is -1.26. The molecule has 1 N–H and O–H groups in total. The standard InChI is InChI=1S/C15H20ClNO3/c1-10(20-14-5-3-4-12(16)8-14)15(19)17(2)9-11-6-13(18)7-11/h3-5,8,10-11,13,18H,6-7,9H2,1-2H3. The van der Waals surface area contributed by atoms with Gasteiger partial charge in [-0.1, -0.05) is 17.7 Å². The molecule has 0 saturated heterocycles. The molecule has 20 heavy (non-hydrogen) atoms. The third kappa shape index (κ3) is 3.87. The maximum Gasteiger partial charge on any atom is 0.263 e. The molecule has 1 amide bonds. The monoisotopic (exact) mass is 297 g/mol. The molecule has 0 bridgehead atoms. The summed E-state index contributed by atoms with van der Waals surface area (Å²) in [5.41, 5.74) is 0. The number of likely N-dealkylation sites (N-methyl/N-ethyl adjacent to an activating group) is 1. The van der Waals surface area contributed by atoms with E-state index in [1.165, 1.54) is 0 Å². The van der Waals surface area contributed by atoms with Gasteiger partial charge in [-0.15, -0.1) is 0 Å². The summed E-state index contributed by atoms with van der Waals surface area (Å²) < 4.78 is 5.61. The lowest BCUT2D eigenvalue weighted by Gasteiger charge is -2.35. The predicted molar refractivity (Wildman–Crippen MR) is 77.9 cm³/mol. The molecule has 0 heterocycles. The van der Waals surface area contributed by atoms with E-state index in [9.17, 15) is 9.90 Å². The Bertz CT molecular complexity index is 474. The number of carbonyl (C=O) groups is 1. The molecule has 0 radical (unpaired) electrons. The Morgan fingerprint density at radius 2 is 2.25 bits per heavy atom. The summed E-state index contributed by atoms with van der Waals surface area (Å²) in [6, 6.07) is 7.01. The van der Waals surface area contributed by atoms with Crippen molar-refractivity contribution in [3.63, 3.8) is 0 Å². The van der Waals surface area contributed by atoms with E-state index in [4.69, 9.17) is 16.3 Å². The van der Waals surface area contributed by atoms with Crippen molar-refractivity contribution >= 4 is 17.5 Å². The second-order valence-electron chi connectivity index (χ2n) is 5.43. The molecule has 1 atom stereocenters. The van der Waals surface area contributed by atoms with Crippen LogP contribution in [0.3, 0.4) is 0 Å². The van der Waals surface area contributed by atoms with Gasteiger partial charge in [-0.05, 0) is 43.9 Å². The number of amides is 1. The lowest BCUT2D eigenvalue weighted by atomic mass is 9.82. The van der Waals surface area contributed by atoms with Crippen LogP contribution < -0.4 is 4.74 Å². The second-order valence-corrected chi connectivity index (χ2v) is 5.86. The molecule has 1 aromatic carbocycles. The van der Waals surface area contributed by atoms with Gasteiger partial charge in [-0.2, -0.15) is 0 Å². The predicted octanol–water partition coefficient (Wildman–Crippen LogP) is 2.34. The molecule has 2 rings (SSSR count). The first kappa shape index (κ1) is 15.1. The molecule has 110 valence electrons. The van der Waals surface area contributed by atoms with E-state index in [0.29, 0.717) is 23.2 Å². The molecule has 1 unspecified atom stereocenters. The Balaban J connectivity index is 1.84. The van der Waals surface area contributed by atoms with Crippen LogP contribution in [0.5, 0.6) is 5.75 Å². The number of benzene rings is 1. The zero-order valence-electron chi connectivity index (χ0n) is 11.8. The third-order valence-corrected chi connectivity index (χ3v) is 3.81. The van der Waals surface area contributed by atoms with Crippen LogP contribution in [0, 0.1) is 5.92 Å². The van der Waals surface area contributed by atoms with Crippen LogP contribution in [0.1, 0.15) is 19.8 Å². The van der Waals surface area contributed by atoms with Crippen molar-refractivity contribution in [1.82, 2.24) is 4.90 Å². The van der Waals surface area contributed by atoms with Gasteiger partial charge in [-0.25, -0.2) is 0 Å². The first-order valence-electron chi connectivity index (χ1n) is 6.81. The number of ether oxygens (including phenoxy) is 1. The summed E-state index contributed by atoms with van der Waals surface area (Å²) in [5.74, 6) is 0.925. The number of aliphatic hydroxyl groups excluding tert-OH is 1. The molecule has 4 nitrogen and oxygen atoms in total. The van der Waals surface area contributed by atoms with E-state index in [-0.39, 0.29) is 12.0 Å². The first-order chi connectivity index (χ1) is 9.45. The fraction of sp³-hybridized carbons (Fsp3) is 0.533. The number of aliphatic hydroxyl groups is 1. The quantitative estimate of drug-likeness (QED) is 0.907. The van der Waals surface area contributed by atoms with Crippen molar-refractivity contribution < 1.29 is 14.6 Å². The van der Waals surface area contributed by atoms with E-state index < -0.39 is 6.10 Å². The van der Waals surface area contributed by atoms with E-state index in [1.807, 2.05) is 0 Å². The zero-order chi connectivity index (χ0) is 14.7. The number of nitrogens with zero attached hydrogens (tertiary/aromatic N) is 1. The Morgan fingerprint density at radius 3 is 2.85 bits per heavy atom. The van der Waals surface area contributed by atoms with Gasteiger partial charge in [0.1, 0.15) is 5.75 Å². The van der Waals surface area contributed by atoms with Crippen LogP contribution in [-0.2, 0) is 4.79 Å². The van der Waals surface area contributed by atoms with Crippen LogP contribution in [0.25, 0.3) is 0 Å². The molecule has 1 aromatic rings.